The zero-order valence-corrected chi connectivity index (χ0v) is 19.9. The van der Waals surface area contributed by atoms with Gasteiger partial charge in [0.2, 0.25) is 0 Å². The van der Waals surface area contributed by atoms with Crippen molar-refractivity contribution in [1.82, 2.24) is 5.32 Å². The van der Waals surface area contributed by atoms with Gasteiger partial charge in [0.05, 0.1) is 12.2 Å². The van der Waals surface area contributed by atoms with Gasteiger partial charge in [-0.3, -0.25) is 0 Å². The Balaban J connectivity index is 2.25. The van der Waals surface area contributed by atoms with Crippen molar-refractivity contribution in [2.24, 2.45) is 5.41 Å². The molecule has 0 unspecified atom stereocenters. The standard InChI is InChI=1S/C22H36N2O2S2/c1-7-26-19(25)17-15-12-10-8-9-11-13-16(15)28-18(17)23-20(27)24-22(5,6)14-21(2,3)4/h7-14H2,1-6H3,(H2,23,24,27). The van der Waals surface area contributed by atoms with E-state index in [1.54, 1.807) is 11.3 Å². The van der Waals surface area contributed by atoms with E-state index in [4.69, 9.17) is 17.0 Å². The minimum atomic E-state index is -0.236. The lowest BCUT2D eigenvalue weighted by atomic mass is 9.82. The number of aryl methyl sites for hydroxylation is 1. The van der Waals surface area contributed by atoms with E-state index in [9.17, 15) is 4.79 Å². The Bertz CT molecular complexity index is 702. The molecule has 6 heteroatoms. The molecule has 0 aromatic carbocycles. The molecule has 4 nitrogen and oxygen atoms in total. The molecule has 0 saturated carbocycles. The molecule has 0 spiro atoms. The maximum atomic E-state index is 12.7. The normalized spacial score (nSPS) is 15.2. The number of thiocarbonyl (C=S) groups is 1. The molecule has 1 aromatic rings. The van der Waals surface area contributed by atoms with Crippen LogP contribution in [-0.2, 0) is 17.6 Å². The SMILES string of the molecule is CCOC(=O)c1c(NC(=S)NC(C)(C)CC(C)(C)C)sc2c1CCCCCC2. The number of hydrogen-bond donors (Lipinski definition) is 2. The van der Waals surface area contributed by atoms with E-state index >= 15 is 0 Å². The number of rotatable bonds is 5. The number of carbonyl (C=O) groups is 1. The minimum absolute atomic E-state index is 0.141. The first-order chi connectivity index (χ1) is 13.0. The van der Waals surface area contributed by atoms with Crippen molar-refractivity contribution in [3.8, 4) is 0 Å². The number of thiophene rings is 1. The smallest absolute Gasteiger partial charge is 0.341 e. The molecule has 28 heavy (non-hydrogen) atoms. The van der Waals surface area contributed by atoms with Crippen LogP contribution in [0.2, 0.25) is 0 Å². The second-order valence-electron chi connectivity index (χ2n) is 9.54. The van der Waals surface area contributed by atoms with E-state index in [-0.39, 0.29) is 16.9 Å². The first kappa shape index (κ1) is 23.1. The summed E-state index contributed by atoms with van der Waals surface area (Å²) < 4.78 is 5.38. The van der Waals surface area contributed by atoms with Crippen LogP contribution < -0.4 is 10.6 Å². The Morgan fingerprint density at radius 1 is 1.11 bits per heavy atom. The predicted octanol–water partition coefficient (Wildman–Crippen LogP) is 6.09. The van der Waals surface area contributed by atoms with Crippen LogP contribution in [0, 0.1) is 5.41 Å². The van der Waals surface area contributed by atoms with E-state index in [2.05, 4.69) is 45.3 Å². The largest absolute Gasteiger partial charge is 0.462 e. The van der Waals surface area contributed by atoms with Crippen molar-refractivity contribution < 1.29 is 9.53 Å². The van der Waals surface area contributed by atoms with Crippen LogP contribution in [0.4, 0.5) is 5.00 Å². The quantitative estimate of drug-likeness (QED) is 0.443. The molecule has 0 aliphatic heterocycles. The third-order valence-corrected chi connectivity index (χ3v) is 6.21. The molecule has 2 rings (SSSR count). The lowest BCUT2D eigenvalue weighted by Gasteiger charge is -2.34. The van der Waals surface area contributed by atoms with Crippen LogP contribution in [0.1, 0.15) is 94.4 Å². The summed E-state index contributed by atoms with van der Waals surface area (Å²) in [6.45, 7) is 13.2. The highest BCUT2D eigenvalue weighted by atomic mass is 32.1. The highest BCUT2D eigenvalue weighted by Crippen LogP contribution is 2.37. The molecule has 1 heterocycles. The molecule has 0 radical (unpaired) electrons. The summed E-state index contributed by atoms with van der Waals surface area (Å²) in [5.41, 5.74) is 1.92. The molecular formula is C22H36N2O2S2. The molecule has 0 fully saturated rings. The van der Waals surface area contributed by atoms with Crippen LogP contribution in [0.25, 0.3) is 0 Å². The summed E-state index contributed by atoms with van der Waals surface area (Å²) >= 11 is 7.28. The molecule has 1 aliphatic carbocycles. The molecule has 0 atom stereocenters. The van der Waals surface area contributed by atoms with Crippen molar-refractivity contribution in [1.29, 1.82) is 0 Å². The van der Waals surface area contributed by atoms with Gasteiger partial charge in [-0.05, 0) is 76.1 Å². The number of anilines is 1. The van der Waals surface area contributed by atoms with Crippen molar-refractivity contribution >= 4 is 39.6 Å². The van der Waals surface area contributed by atoms with Crippen molar-refractivity contribution in [2.45, 2.75) is 92.0 Å². The fraction of sp³-hybridized carbons (Fsp3) is 0.727. The Morgan fingerprint density at radius 3 is 2.36 bits per heavy atom. The summed E-state index contributed by atoms with van der Waals surface area (Å²) in [6.07, 6.45) is 7.74. The lowest BCUT2D eigenvalue weighted by Crippen LogP contribution is -2.47. The topological polar surface area (TPSA) is 50.4 Å². The zero-order chi connectivity index (χ0) is 20.9. The predicted molar refractivity (Wildman–Crippen MR) is 124 cm³/mol. The number of ether oxygens (including phenoxy) is 1. The van der Waals surface area contributed by atoms with Gasteiger partial charge >= 0.3 is 5.97 Å². The van der Waals surface area contributed by atoms with Gasteiger partial charge in [-0.15, -0.1) is 11.3 Å². The highest BCUT2D eigenvalue weighted by molar-refractivity contribution is 7.80. The fourth-order valence-electron chi connectivity index (χ4n) is 4.24. The second kappa shape index (κ2) is 9.57. The molecule has 0 amide bonds. The van der Waals surface area contributed by atoms with Crippen molar-refractivity contribution in [3.05, 3.63) is 16.0 Å². The molecule has 1 aliphatic rings. The average Bonchev–Trinajstić information content (AvgIpc) is 2.80. The van der Waals surface area contributed by atoms with Gasteiger partial charge in [0.1, 0.15) is 5.00 Å². The van der Waals surface area contributed by atoms with Gasteiger partial charge in [-0.1, -0.05) is 33.6 Å². The van der Waals surface area contributed by atoms with Crippen molar-refractivity contribution in [2.75, 3.05) is 11.9 Å². The van der Waals surface area contributed by atoms with Gasteiger partial charge in [-0.2, -0.15) is 0 Å². The van der Waals surface area contributed by atoms with Crippen LogP contribution in [-0.4, -0.2) is 23.2 Å². The summed E-state index contributed by atoms with van der Waals surface area (Å²) in [5, 5.41) is 8.16. The fourth-order valence-corrected chi connectivity index (χ4v) is 5.96. The number of carbonyl (C=O) groups excluding carboxylic acids is 1. The Hall–Kier alpha value is -1.14. The van der Waals surface area contributed by atoms with E-state index < -0.39 is 0 Å². The molecule has 0 bridgehead atoms. The van der Waals surface area contributed by atoms with Crippen LogP contribution in [0.3, 0.4) is 0 Å². The van der Waals surface area contributed by atoms with Gasteiger partial charge in [0, 0.05) is 10.4 Å². The number of hydrogen-bond acceptors (Lipinski definition) is 4. The minimum Gasteiger partial charge on any atom is -0.462 e. The average molecular weight is 425 g/mol. The Morgan fingerprint density at radius 2 is 1.75 bits per heavy atom. The van der Waals surface area contributed by atoms with Crippen molar-refractivity contribution in [3.63, 3.8) is 0 Å². The van der Waals surface area contributed by atoms with E-state index in [1.807, 2.05) is 6.92 Å². The van der Waals surface area contributed by atoms with Gasteiger partial charge in [0.15, 0.2) is 5.11 Å². The first-order valence-electron chi connectivity index (χ1n) is 10.4. The third-order valence-electron chi connectivity index (χ3n) is 4.80. The van der Waals surface area contributed by atoms with Crippen LogP contribution in [0.15, 0.2) is 0 Å². The Labute approximate surface area is 179 Å². The molecule has 158 valence electrons. The van der Waals surface area contributed by atoms with Crippen LogP contribution >= 0.6 is 23.6 Å². The third kappa shape index (κ3) is 6.73. The number of fused-ring (bicyclic) bond motifs is 1. The van der Waals surface area contributed by atoms with Crippen LogP contribution in [0.5, 0.6) is 0 Å². The lowest BCUT2D eigenvalue weighted by molar-refractivity contribution is 0.0526. The summed E-state index contributed by atoms with van der Waals surface area (Å²) in [4.78, 5) is 14.0. The zero-order valence-electron chi connectivity index (χ0n) is 18.3. The highest BCUT2D eigenvalue weighted by Gasteiger charge is 2.28. The van der Waals surface area contributed by atoms with E-state index in [0.717, 1.165) is 30.7 Å². The summed E-state index contributed by atoms with van der Waals surface area (Å²) in [6, 6.07) is 0. The van der Waals surface area contributed by atoms with Gasteiger partial charge in [0.25, 0.3) is 0 Å². The van der Waals surface area contributed by atoms with Gasteiger partial charge in [-0.25, -0.2) is 4.79 Å². The maximum absolute atomic E-state index is 12.7. The maximum Gasteiger partial charge on any atom is 0.341 e. The summed E-state index contributed by atoms with van der Waals surface area (Å²) in [7, 11) is 0. The van der Waals surface area contributed by atoms with E-state index in [0.29, 0.717) is 17.3 Å². The molecule has 2 N–H and O–H groups in total. The molecule has 1 aromatic heterocycles. The first-order valence-corrected chi connectivity index (χ1v) is 11.7. The Kier molecular flexibility index (Phi) is 7.91. The molecular weight excluding hydrogens is 388 g/mol. The van der Waals surface area contributed by atoms with E-state index in [1.165, 1.54) is 29.7 Å². The number of esters is 1. The summed E-state index contributed by atoms with van der Waals surface area (Å²) in [5.74, 6) is -0.236. The number of nitrogens with one attached hydrogen (secondary N) is 2. The monoisotopic (exact) mass is 424 g/mol. The molecule has 0 saturated heterocycles. The van der Waals surface area contributed by atoms with Gasteiger partial charge < -0.3 is 15.4 Å². The second-order valence-corrected chi connectivity index (χ2v) is 11.1.